The second kappa shape index (κ2) is 7.58. The highest BCUT2D eigenvalue weighted by Crippen LogP contribution is 2.28. The standard InChI is InChI=1S/C15H14ClF2N5O2/c1-10-19-5-2-6-23(10)24-9-11-8-22(21-20-11)12-3-4-13(16)14(7-12)25-15(17)18/h2-8,10,15H,9H2,1H3. The molecule has 0 amide bonds. The maximum absolute atomic E-state index is 12.4. The number of alkyl halides is 2. The Labute approximate surface area is 147 Å². The van der Waals surface area contributed by atoms with Gasteiger partial charge in [0.15, 0.2) is 0 Å². The topological polar surface area (TPSA) is 64.8 Å². The summed E-state index contributed by atoms with van der Waals surface area (Å²) in [6.07, 6.45) is 6.70. The monoisotopic (exact) mass is 369 g/mol. The molecule has 0 aliphatic carbocycles. The highest BCUT2D eigenvalue weighted by Gasteiger charge is 2.14. The van der Waals surface area contributed by atoms with Gasteiger partial charge in [-0.1, -0.05) is 16.8 Å². The van der Waals surface area contributed by atoms with Gasteiger partial charge in [-0.05, 0) is 25.1 Å². The molecule has 2 heterocycles. The maximum Gasteiger partial charge on any atom is 0.387 e. The van der Waals surface area contributed by atoms with Gasteiger partial charge in [-0.2, -0.15) is 8.78 Å². The highest BCUT2D eigenvalue weighted by atomic mass is 35.5. The Morgan fingerprint density at radius 1 is 1.36 bits per heavy atom. The van der Waals surface area contributed by atoms with Gasteiger partial charge in [-0.25, -0.2) is 9.75 Å². The first-order valence-electron chi connectivity index (χ1n) is 7.30. The molecule has 0 fully saturated rings. The van der Waals surface area contributed by atoms with E-state index in [1.54, 1.807) is 35.8 Å². The summed E-state index contributed by atoms with van der Waals surface area (Å²) >= 11 is 5.84. The third kappa shape index (κ3) is 4.31. The fourth-order valence-electron chi connectivity index (χ4n) is 2.09. The average Bonchev–Trinajstić information content (AvgIpc) is 3.05. The van der Waals surface area contributed by atoms with Crippen molar-refractivity contribution >= 4 is 17.8 Å². The van der Waals surface area contributed by atoms with Crippen LogP contribution in [0.4, 0.5) is 8.78 Å². The van der Waals surface area contributed by atoms with Crippen LogP contribution in [0.3, 0.4) is 0 Å². The van der Waals surface area contributed by atoms with E-state index < -0.39 is 6.61 Å². The summed E-state index contributed by atoms with van der Waals surface area (Å²) in [6, 6.07) is 4.42. The molecule has 1 aromatic heterocycles. The molecule has 1 aliphatic rings. The summed E-state index contributed by atoms with van der Waals surface area (Å²) in [6.45, 7) is -0.900. The first kappa shape index (κ1) is 17.3. The molecule has 1 atom stereocenters. The third-order valence-corrected chi connectivity index (χ3v) is 3.60. The lowest BCUT2D eigenvalue weighted by Gasteiger charge is -2.24. The van der Waals surface area contributed by atoms with Gasteiger partial charge in [-0.3, -0.25) is 9.83 Å². The Hall–Kier alpha value is -2.52. The van der Waals surface area contributed by atoms with Crippen LogP contribution < -0.4 is 4.74 Å². The molecule has 0 N–H and O–H groups in total. The molecule has 3 rings (SSSR count). The number of aliphatic imine (C=N–C) groups is 1. The number of aromatic nitrogens is 3. The van der Waals surface area contributed by atoms with Crippen LogP contribution in [0.25, 0.3) is 5.69 Å². The summed E-state index contributed by atoms with van der Waals surface area (Å²) in [5.74, 6) is -0.132. The van der Waals surface area contributed by atoms with Crippen LogP contribution in [0, 0.1) is 0 Å². The van der Waals surface area contributed by atoms with Crippen molar-refractivity contribution in [3.05, 3.63) is 47.4 Å². The lowest BCUT2D eigenvalue weighted by molar-refractivity contribution is -0.155. The minimum atomic E-state index is -2.96. The summed E-state index contributed by atoms with van der Waals surface area (Å²) < 4.78 is 30.6. The number of rotatable bonds is 6. The van der Waals surface area contributed by atoms with Crippen molar-refractivity contribution in [2.45, 2.75) is 26.3 Å². The quantitative estimate of drug-likeness (QED) is 0.782. The van der Waals surface area contributed by atoms with Crippen LogP contribution in [0.15, 0.2) is 41.7 Å². The Morgan fingerprint density at radius 3 is 2.96 bits per heavy atom. The van der Waals surface area contributed by atoms with Crippen molar-refractivity contribution in [1.82, 2.24) is 20.1 Å². The predicted octanol–water partition coefficient (Wildman–Crippen LogP) is 3.20. The number of benzene rings is 1. The van der Waals surface area contributed by atoms with Crippen molar-refractivity contribution in [2.75, 3.05) is 0 Å². The Morgan fingerprint density at radius 2 is 2.20 bits per heavy atom. The summed E-state index contributed by atoms with van der Waals surface area (Å²) in [5, 5.41) is 9.62. The summed E-state index contributed by atoms with van der Waals surface area (Å²) in [4.78, 5) is 9.78. The van der Waals surface area contributed by atoms with Gasteiger partial charge in [0.2, 0.25) is 0 Å². The van der Waals surface area contributed by atoms with Gasteiger partial charge in [0.25, 0.3) is 0 Å². The zero-order valence-corrected chi connectivity index (χ0v) is 13.8. The first-order chi connectivity index (χ1) is 12.0. The lowest BCUT2D eigenvalue weighted by Crippen LogP contribution is -2.28. The van der Waals surface area contributed by atoms with Gasteiger partial charge in [0.05, 0.1) is 16.9 Å². The van der Waals surface area contributed by atoms with Crippen LogP contribution in [-0.4, -0.2) is 39.0 Å². The minimum Gasteiger partial charge on any atom is -0.433 e. The molecule has 0 saturated heterocycles. The fourth-order valence-corrected chi connectivity index (χ4v) is 2.25. The maximum atomic E-state index is 12.4. The van der Waals surface area contributed by atoms with Crippen LogP contribution in [0.5, 0.6) is 5.75 Å². The second-order valence-electron chi connectivity index (χ2n) is 5.05. The molecule has 0 bridgehead atoms. The van der Waals surface area contributed by atoms with Crippen molar-refractivity contribution in [3.8, 4) is 11.4 Å². The molecule has 1 aromatic carbocycles. The number of halogens is 3. The van der Waals surface area contributed by atoms with E-state index in [2.05, 4.69) is 20.0 Å². The molecule has 1 aliphatic heterocycles. The molecule has 7 nitrogen and oxygen atoms in total. The van der Waals surface area contributed by atoms with E-state index in [-0.39, 0.29) is 23.5 Å². The lowest BCUT2D eigenvalue weighted by atomic mass is 10.3. The Kier molecular flexibility index (Phi) is 5.25. The largest absolute Gasteiger partial charge is 0.433 e. The van der Waals surface area contributed by atoms with E-state index in [4.69, 9.17) is 16.4 Å². The van der Waals surface area contributed by atoms with Crippen LogP contribution in [0.2, 0.25) is 5.02 Å². The number of hydroxylamine groups is 2. The number of nitrogens with zero attached hydrogens (tertiary/aromatic N) is 5. The van der Waals surface area contributed by atoms with Crippen molar-refractivity contribution in [1.29, 1.82) is 0 Å². The zero-order valence-electron chi connectivity index (χ0n) is 13.1. The summed E-state index contributed by atoms with van der Waals surface area (Å²) in [5.41, 5.74) is 1.04. The average molecular weight is 370 g/mol. The van der Waals surface area contributed by atoms with Crippen molar-refractivity contribution in [2.24, 2.45) is 4.99 Å². The van der Waals surface area contributed by atoms with E-state index >= 15 is 0 Å². The van der Waals surface area contributed by atoms with Gasteiger partial charge in [0, 0.05) is 18.5 Å². The van der Waals surface area contributed by atoms with E-state index in [0.717, 1.165) is 0 Å². The molecule has 0 spiro atoms. The molecular weight excluding hydrogens is 356 g/mol. The van der Waals surface area contributed by atoms with Gasteiger partial charge in [-0.15, -0.1) is 5.10 Å². The van der Waals surface area contributed by atoms with Gasteiger partial charge in [0.1, 0.15) is 24.2 Å². The minimum absolute atomic E-state index is 0.0825. The second-order valence-corrected chi connectivity index (χ2v) is 5.46. The molecule has 0 radical (unpaired) electrons. The highest BCUT2D eigenvalue weighted by molar-refractivity contribution is 6.32. The Balaban J connectivity index is 1.69. The number of allylic oxidation sites excluding steroid dienone is 1. The SMILES string of the molecule is CC1N=CC=CN1OCc1cn(-c2ccc(Cl)c(OC(F)F)c2)nn1. The molecule has 1 unspecified atom stereocenters. The van der Waals surface area contributed by atoms with Gasteiger partial charge >= 0.3 is 6.61 Å². The van der Waals surface area contributed by atoms with Crippen molar-refractivity contribution < 1.29 is 18.4 Å². The van der Waals surface area contributed by atoms with Crippen LogP contribution in [-0.2, 0) is 11.4 Å². The van der Waals surface area contributed by atoms with Crippen LogP contribution in [0.1, 0.15) is 12.6 Å². The van der Waals surface area contributed by atoms with Gasteiger partial charge < -0.3 is 4.74 Å². The smallest absolute Gasteiger partial charge is 0.387 e. The molecule has 10 heteroatoms. The normalized spacial score (nSPS) is 16.7. The third-order valence-electron chi connectivity index (χ3n) is 3.29. The van der Waals surface area contributed by atoms with E-state index in [1.807, 2.05) is 6.92 Å². The van der Waals surface area contributed by atoms with E-state index in [0.29, 0.717) is 11.4 Å². The summed E-state index contributed by atoms with van der Waals surface area (Å²) in [7, 11) is 0. The number of ether oxygens (including phenoxy) is 1. The van der Waals surface area contributed by atoms with Crippen molar-refractivity contribution in [3.63, 3.8) is 0 Å². The zero-order chi connectivity index (χ0) is 17.8. The molecular formula is C15H14ClF2N5O2. The van der Waals surface area contributed by atoms with E-state index in [1.165, 1.54) is 16.8 Å². The molecule has 0 saturated carbocycles. The predicted molar refractivity (Wildman–Crippen MR) is 86.7 cm³/mol. The molecule has 25 heavy (non-hydrogen) atoms. The fraction of sp³-hybridized carbons (Fsp3) is 0.267. The van der Waals surface area contributed by atoms with Crippen LogP contribution >= 0.6 is 11.6 Å². The number of hydrogen-bond donors (Lipinski definition) is 0. The number of hydrogen-bond acceptors (Lipinski definition) is 6. The first-order valence-corrected chi connectivity index (χ1v) is 7.68. The molecule has 2 aromatic rings. The molecule has 132 valence electrons. The van der Waals surface area contributed by atoms with E-state index in [9.17, 15) is 8.78 Å². The Bertz CT molecular complexity index is 796.